The molecule has 0 bridgehead atoms. The predicted molar refractivity (Wildman–Crippen MR) is 86.8 cm³/mol. The van der Waals surface area contributed by atoms with Crippen LogP contribution in [0.4, 0.5) is 0 Å². The number of nitrogens with one attached hydrogen (secondary N) is 2. The molecule has 0 radical (unpaired) electrons. The van der Waals surface area contributed by atoms with Crippen LogP contribution in [-0.4, -0.2) is 24.0 Å². The molecule has 1 unspecified atom stereocenters. The van der Waals surface area contributed by atoms with Crippen molar-refractivity contribution in [1.29, 1.82) is 0 Å². The smallest absolute Gasteiger partial charge is 0.307 e. The van der Waals surface area contributed by atoms with Crippen molar-refractivity contribution in [2.24, 2.45) is 0 Å². The van der Waals surface area contributed by atoms with Crippen molar-refractivity contribution in [3.05, 3.63) is 57.3 Å². The monoisotopic (exact) mass is 384 g/mol. The van der Waals surface area contributed by atoms with Gasteiger partial charge in [0.25, 0.3) is 5.91 Å². The minimum atomic E-state index is -0.573. The summed E-state index contributed by atoms with van der Waals surface area (Å²) in [7, 11) is 1.30. The maximum absolute atomic E-state index is 12.3. The average Bonchev–Trinajstić information content (AvgIpc) is 2.93. The maximum Gasteiger partial charge on any atom is 0.307 e. The highest BCUT2D eigenvalue weighted by Gasteiger charge is 2.22. The highest BCUT2D eigenvalue weighted by molar-refractivity contribution is 9.10. The summed E-state index contributed by atoms with van der Waals surface area (Å²) in [4.78, 5) is 26.7. The summed E-state index contributed by atoms with van der Waals surface area (Å²) in [6.45, 7) is 0. The predicted octanol–water partition coefficient (Wildman–Crippen LogP) is 3.46. The van der Waals surface area contributed by atoms with Gasteiger partial charge in [0.2, 0.25) is 0 Å². The Kier molecular flexibility index (Phi) is 5.63. The summed E-state index contributed by atoms with van der Waals surface area (Å²) in [6, 6.07) is 8.13. The summed E-state index contributed by atoms with van der Waals surface area (Å²) < 4.78 is 5.45. The third-order valence-corrected chi connectivity index (χ3v) is 3.88. The molecule has 1 heterocycles. The molecule has 22 heavy (non-hydrogen) atoms. The van der Waals surface area contributed by atoms with Crippen LogP contribution in [0.5, 0.6) is 0 Å². The van der Waals surface area contributed by atoms with Crippen LogP contribution in [0.1, 0.15) is 28.5 Å². The van der Waals surface area contributed by atoms with Gasteiger partial charge in [-0.15, -0.1) is 0 Å². The van der Waals surface area contributed by atoms with E-state index in [4.69, 9.17) is 11.6 Å². The number of ether oxygens (including phenoxy) is 1. The van der Waals surface area contributed by atoms with Gasteiger partial charge in [0.05, 0.1) is 19.6 Å². The number of benzene rings is 1. The third kappa shape index (κ3) is 4.11. The maximum atomic E-state index is 12.3. The Hall–Kier alpha value is -1.79. The first-order chi connectivity index (χ1) is 10.5. The van der Waals surface area contributed by atoms with Gasteiger partial charge in [-0.3, -0.25) is 9.59 Å². The number of hydrogen-bond donors (Lipinski definition) is 2. The molecule has 1 aromatic carbocycles. The van der Waals surface area contributed by atoms with Gasteiger partial charge >= 0.3 is 5.97 Å². The van der Waals surface area contributed by atoms with Crippen LogP contribution in [0, 0.1) is 0 Å². The van der Waals surface area contributed by atoms with Crippen molar-refractivity contribution in [2.45, 2.75) is 12.5 Å². The van der Waals surface area contributed by atoms with Crippen LogP contribution in [0.25, 0.3) is 0 Å². The van der Waals surface area contributed by atoms with Crippen molar-refractivity contribution in [3.63, 3.8) is 0 Å². The van der Waals surface area contributed by atoms with E-state index in [1.54, 1.807) is 36.5 Å². The molecule has 7 heteroatoms. The molecule has 0 fully saturated rings. The molecule has 0 saturated carbocycles. The number of carbonyl (C=O) groups excluding carboxylic acids is 2. The van der Waals surface area contributed by atoms with Crippen LogP contribution in [0.15, 0.2) is 41.0 Å². The lowest BCUT2D eigenvalue weighted by molar-refractivity contribution is -0.141. The third-order valence-electron chi connectivity index (χ3n) is 3.08. The molecule has 0 aliphatic carbocycles. The molecular weight excluding hydrogens is 372 g/mol. The number of methoxy groups -OCH3 is 1. The Labute approximate surface area is 141 Å². The minimum Gasteiger partial charge on any atom is -0.469 e. The van der Waals surface area contributed by atoms with Crippen LogP contribution in [-0.2, 0) is 9.53 Å². The summed E-state index contributed by atoms with van der Waals surface area (Å²) in [5, 5.41) is 3.27. The second-order valence-electron chi connectivity index (χ2n) is 4.56. The molecule has 5 nitrogen and oxygen atoms in total. The quantitative estimate of drug-likeness (QED) is 0.774. The van der Waals surface area contributed by atoms with Gasteiger partial charge in [-0.2, -0.15) is 0 Å². The van der Waals surface area contributed by atoms with Gasteiger partial charge in [-0.1, -0.05) is 29.8 Å². The highest BCUT2D eigenvalue weighted by Crippen LogP contribution is 2.26. The number of halogens is 2. The Morgan fingerprint density at radius 1 is 1.41 bits per heavy atom. The molecule has 0 aliphatic heterocycles. The normalized spacial score (nSPS) is 11.8. The Bertz CT molecular complexity index is 687. The summed E-state index contributed by atoms with van der Waals surface area (Å²) in [5.41, 5.74) is 1.04. The fourth-order valence-corrected chi connectivity index (χ4v) is 2.59. The first-order valence-corrected chi connectivity index (χ1v) is 7.64. The van der Waals surface area contributed by atoms with Gasteiger partial charge in [0.15, 0.2) is 0 Å². The molecule has 2 rings (SSSR count). The molecule has 0 saturated heterocycles. The van der Waals surface area contributed by atoms with Crippen molar-refractivity contribution < 1.29 is 14.3 Å². The molecule has 1 aromatic heterocycles. The summed E-state index contributed by atoms with van der Waals surface area (Å²) in [6.07, 6.45) is 1.65. The number of carbonyl (C=O) groups is 2. The van der Waals surface area contributed by atoms with Gasteiger partial charge < -0.3 is 15.0 Å². The molecule has 2 N–H and O–H groups in total. The first kappa shape index (κ1) is 16.6. The van der Waals surface area contributed by atoms with Crippen molar-refractivity contribution in [3.8, 4) is 0 Å². The standard InChI is InChI=1S/C15H14BrClN2O3/c1-22-14(20)7-12(10-4-2-3-5-11(10)17)19-15(21)13-6-9(16)8-18-13/h2-6,8,12,18H,7H2,1H3,(H,19,21). The highest BCUT2D eigenvalue weighted by atomic mass is 79.9. The molecule has 116 valence electrons. The van der Waals surface area contributed by atoms with Crippen molar-refractivity contribution in [2.75, 3.05) is 7.11 Å². The number of amides is 1. The molecule has 1 atom stereocenters. The zero-order valence-electron chi connectivity index (χ0n) is 11.7. The van der Waals surface area contributed by atoms with Crippen LogP contribution in [0.3, 0.4) is 0 Å². The van der Waals surface area contributed by atoms with Crippen LogP contribution in [0.2, 0.25) is 5.02 Å². The van der Waals surface area contributed by atoms with E-state index >= 15 is 0 Å². The van der Waals surface area contributed by atoms with E-state index < -0.39 is 12.0 Å². The SMILES string of the molecule is COC(=O)CC(NC(=O)c1cc(Br)c[nH]1)c1ccccc1Cl. The molecular formula is C15H14BrClN2O3. The van der Waals surface area contributed by atoms with E-state index in [1.807, 2.05) is 0 Å². The van der Waals surface area contributed by atoms with E-state index in [1.165, 1.54) is 7.11 Å². The summed E-state index contributed by atoms with van der Waals surface area (Å²) in [5.74, 6) is -0.766. The van der Waals surface area contributed by atoms with E-state index in [2.05, 4.69) is 31.0 Å². The van der Waals surface area contributed by atoms with Crippen LogP contribution >= 0.6 is 27.5 Å². The van der Waals surface area contributed by atoms with E-state index in [0.717, 1.165) is 4.47 Å². The van der Waals surface area contributed by atoms with Crippen LogP contribution < -0.4 is 5.32 Å². The number of aromatic nitrogens is 1. The van der Waals surface area contributed by atoms with Crippen molar-refractivity contribution in [1.82, 2.24) is 10.3 Å². The van der Waals surface area contributed by atoms with E-state index in [9.17, 15) is 9.59 Å². The Balaban J connectivity index is 2.23. The lowest BCUT2D eigenvalue weighted by Crippen LogP contribution is -2.30. The zero-order valence-corrected chi connectivity index (χ0v) is 14.1. The molecule has 2 aromatic rings. The minimum absolute atomic E-state index is 0.00610. The van der Waals surface area contributed by atoms with Crippen molar-refractivity contribution >= 4 is 39.4 Å². The number of aromatic amines is 1. The molecule has 0 aliphatic rings. The van der Waals surface area contributed by atoms with E-state index in [0.29, 0.717) is 16.3 Å². The Morgan fingerprint density at radius 2 is 2.14 bits per heavy atom. The molecule has 1 amide bonds. The van der Waals surface area contributed by atoms with Gasteiger partial charge in [0, 0.05) is 15.7 Å². The fourth-order valence-electron chi connectivity index (χ4n) is 1.98. The number of H-pyrrole nitrogens is 1. The number of hydrogen-bond acceptors (Lipinski definition) is 3. The van der Waals surface area contributed by atoms with Gasteiger partial charge in [-0.05, 0) is 33.6 Å². The second kappa shape index (κ2) is 7.47. The zero-order chi connectivity index (χ0) is 16.1. The molecule has 0 spiro atoms. The lowest BCUT2D eigenvalue weighted by atomic mass is 10.0. The number of rotatable bonds is 5. The lowest BCUT2D eigenvalue weighted by Gasteiger charge is -2.19. The average molecular weight is 386 g/mol. The topological polar surface area (TPSA) is 71.2 Å². The second-order valence-corrected chi connectivity index (χ2v) is 5.88. The van der Waals surface area contributed by atoms with Gasteiger partial charge in [0.1, 0.15) is 5.69 Å². The van der Waals surface area contributed by atoms with E-state index in [-0.39, 0.29) is 12.3 Å². The summed E-state index contributed by atoms with van der Waals surface area (Å²) >= 11 is 9.43. The largest absolute Gasteiger partial charge is 0.469 e. The Morgan fingerprint density at radius 3 is 2.73 bits per heavy atom. The number of esters is 1. The van der Waals surface area contributed by atoms with Gasteiger partial charge in [-0.25, -0.2) is 0 Å². The first-order valence-electron chi connectivity index (χ1n) is 6.47. The fraction of sp³-hybridized carbons (Fsp3) is 0.200.